The van der Waals surface area contributed by atoms with Crippen LogP contribution in [0.5, 0.6) is 5.75 Å². The minimum absolute atomic E-state index is 0.110. The lowest BCUT2D eigenvalue weighted by molar-refractivity contribution is -0.139. The van der Waals surface area contributed by atoms with Gasteiger partial charge in [-0.2, -0.15) is 0 Å². The number of carbonyl (C=O) groups excluding carboxylic acids is 2. The van der Waals surface area contributed by atoms with Gasteiger partial charge in [0.2, 0.25) is 0 Å². The van der Waals surface area contributed by atoms with E-state index in [2.05, 4.69) is 4.98 Å². The number of hydrogen-bond donors (Lipinski definition) is 1. The number of ketones is 1. The van der Waals surface area contributed by atoms with Crippen LogP contribution in [0.1, 0.15) is 22.9 Å². The number of nitrogens with zero attached hydrogens (tertiary/aromatic N) is 3. The SMILES string of the molecule is COc1cccc(/C(O)=C2\C(=O)C(=O)N(CCCn3ccnc3)C2c2cccs2)c1. The highest BCUT2D eigenvalue weighted by Crippen LogP contribution is 2.41. The lowest BCUT2D eigenvalue weighted by Gasteiger charge is -2.24. The van der Waals surface area contributed by atoms with Crippen molar-refractivity contribution in [2.75, 3.05) is 13.7 Å². The predicted molar refractivity (Wildman–Crippen MR) is 113 cm³/mol. The van der Waals surface area contributed by atoms with E-state index in [1.165, 1.54) is 18.4 Å². The number of likely N-dealkylation sites (tertiary alicyclic amines) is 1. The van der Waals surface area contributed by atoms with Gasteiger partial charge in [0.1, 0.15) is 11.5 Å². The summed E-state index contributed by atoms with van der Waals surface area (Å²) in [6, 6.07) is 9.96. The molecule has 2 aromatic heterocycles. The first-order valence-electron chi connectivity index (χ1n) is 9.52. The third-order valence-electron chi connectivity index (χ3n) is 5.07. The molecule has 1 fully saturated rings. The summed E-state index contributed by atoms with van der Waals surface area (Å²) in [6.45, 7) is 1.07. The van der Waals surface area contributed by atoms with E-state index in [0.717, 1.165) is 4.88 Å². The number of aryl methyl sites for hydroxylation is 1. The van der Waals surface area contributed by atoms with Crippen molar-refractivity contribution in [3.8, 4) is 5.75 Å². The van der Waals surface area contributed by atoms with E-state index in [-0.39, 0.29) is 11.3 Å². The third kappa shape index (κ3) is 3.73. The molecule has 0 aliphatic carbocycles. The number of methoxy groups -OCH3 is 1. The smallest absolute Gasteiger partial charge is 0.295 e. The molecule has 1 aliphatic rings. The van der Waals surface area contributed by atoms with Crippen LogP contribution in [0.3, 0.4) is 0 Å². The lowest BCUT2D eigenvalue weighted by Crippen LogP contribution is -2.31. The summed E-state index contributed by atoms with van der Waals surface area (Å²) >= 11 is 1.45. The Kier molecular flexibility index (Phi) is 5.67. The molecule has 3 heterocycles. The van der Waals surface area contributed by atoms with Crippen molar-refractivity contribution in [1.82, 2.24) is 14.5 Å². The molecule has 0 spiro atoms. The van der Waals surface area contributed by atoms with E-state index in [4.69, 9.17) is 4.74 Å². The topological polar surface area (TPSA) is 84.7 Å². The molecule has 154 valence electrons. The standard InChI is InChI=1S/C22H21N3O4S/c1-29-16-6-2-5-15(13-16)20(26)18-19(17-7-3-12-30-17)25(22(28)21(18)27)10-4-9-24-11-8-23-14-24/h2-3,5-8,11-14,19,26H,4,9-10H2,1H3/b20-18+. The Hall–Kier alpha value is -3.39. The minimum Gasteiger partial charge on any atom is -0.507 e. The van der Waals surface area contributed by atoms with Crippen LogP contribution in [-0.4, -0.2) is 44.9 Å². The van der Waals surface area contributed by atoms with E-state index < -0.39 is 17.7 Å². The van der Waals surface area contributed by atoms with Crippen LogP contribution in [-0.2, 0) is 16.1 Å². The van der Waals surface area contributed by atoms with Crippen LogP contribution >= 0.6 is 11.3 Å². The number of aliphatic hydroxyl groups excluding tert-OH is 1. The highest BCUT2D eigenvalue weighted by Gasteiger charge is 2.46. The number of benzene rings is 1. The Morgan fingerprint density at radius 1 is 1.23 bits per heavy atom. The Balaban J connectivity index is 1.69. The van der Waals surface area contributed by atoms with Gasteiger partial charge in [-0.3, -0.25) is 9.59 Å². The zero-order valence-corrected chi connectivity index (χ0v) is 17.2. The minimum atomic E-state index is -0.670. The van der Waals surface area contributed by atoms with Gasteiger partial charge in [-0.1, -0.05) is 18.2 Å². The van der Waals surface area contributed by atoms with Crippen molar-refractivity contribution in [3.63, 3.8) is 0 Å². The highest BCUT2D eigenvalue weighted by molar-refractivity contribution is 7.10. The van der Waals surface area contributed by atoms with E-state index in [0.29, 0.717) is 30.8 Å². The van der Waals surface area contributed by atoms with Crippen molar-refractivity contribution >= 4 is 28.8 Å². The number of ether oxygens (including phenoxy) is 1. The summed E-state index contributed by atoms with van der Waals surface area (Å²) in [7, 11) is 1.53. The molecule has 1 aliphatic heterocycles. The third-order valence-corrected chi connectivity index (χ3v) is 6.00. The van der Waals surface area contributed by atoms with Crippen molar-refractivity contribution in [2.24, 2.45) is 0 Å². The second-order valence-corrected chi connectivity index (χ2v) is 7.87. The largest absolute Gasteiger partial charge is 0.507 e. The number of aromatic nitrogens is 2. The molecule has 3 aromatic rings. The van der Waals surface area contributed by atoms with Crippen LogP contribution in [0, 0.1) is 0 Å². The number of amides is 1. The molecule has 1 atom stereocenters. The molecule has 4 rings (SSSR count). The van der Waals surface area contributed by atoms with Gasteiger partial charge >= 0.3 is 0 Å². The number of hydrogen-bond acceptors (Lipinski definition) is 6. The Labute approximate surface area is 177 Å². The number of Topliss-reactive ketones (excluding diaryl/α,β-unsaturated/α-hetero) is 1. The molecular weight excluding hydrogens is 402 g/mol. The van der Waals surface area contributed by atoms with Gasteiger partial charge < -0.3 is 19.3 Å². The van der Waals surface area contributed by atoms with E-state index >= 15 is 0 Å². The van der Waals surface area contributed by atoms with Crippen molar-refractivity contribution < 1.29 is 19.4 Å². The molecule has 1 aromatic carbocycles. The molecule has 0 bridgehead atoms. The van der Waals surface area contributed by atoms with Crippen LogP contribution < -0.4 is 4.74 Å². The molecule has 1 unspecified atom stereocenters. The molecule has 0 saturated carbocycles. The van der Waals surface area contributed by atoms with Gasteiger partial charge in [-0.25, -0.2) is 4.98 Å². The Morgan fingerprint density at radius 3 is 2.80 bits per heavy atom. The maximum absolute atomic E-state index is 12.9. The van der Waals surface area contributed by atoms with Gasteiger partial charge in [0.25, 0.3) is 11.7 Å². The molecule has 0 radical (unpaired) electrons. The van der Waals surface area contributed by atoms with Gasteiger partial charge in [-0.05, 0) is 30.0 Å². The first-order valence-corrected chi connectivity index (χ1v) is 10.4. The summed E-state index contributed by atoms with van der Waals surface area (Å²) < 4.78 is 7.15. The molecule has 30 heavy (non-hydrogen) atoms. The van der Waals surface area contributed by atoms with Crippen molar-refractivity contribution in [1.29, 1.82) is 0 Å². The molecule has 1 N–H and O–H groups in total. The molecule has 8 heteroatoms. The summed E-state index contributed by atoms with van der Waals surface area (Å²) in [5.74, 6) is -0.899. The quantitative estimate of drug-likeness (QED) is 0.357. The van der Waals surface area contributed by atoms with E-state index in [1.54, 1.807) is 41.7 Å². The average molecular weight is 423 g/mol. The maximum atomic E-state index is 12.9. The average Bonchev–Trinajstić information content (AvgIpc) is 3.52. The molecule has 1 amide bonds. The summed E-state index contributed by atoms with van der Waals surface area (Å²) in [5, 5.41) is 12.9. The normalized spacial score (nSPS) is 18.2. The number of aliphatic hydroxyl groups is 1. The van der Waals surface area contributed by atoms with Crippen LogP contribution in [0.15, 0.2) is 66.1 Å². The second kappa shape index (κ2) is 8.54. The highest BCUT2D eigenvalue weighted by atomic mass is 32.1. The monoisotopic (exact) mass is 423 g/mol. The first kappa shape index (κ1) is 19.9. The van der Waals surface area contributed by atoms with Gasteiger partial charge in [0.15, 0.2) is 0 Å². The maximum Gasteiger partial charge on any atom is 0.295 e. The van der Waals surface area contributed by atoms with Crippen LogP contribution in [0.4, 0.5) is 0 Å². The summed E-state index contributed by atoms with van der Waals surface area (Å²) in [6.07, 6.45) is 5.93. The second-order valence-electron chi connectivity index (χ2n) is 6.89. The van der Waals surface area contributed by atoms with Gasteiger partial charge in [0, 0.05) is 35.9 Å². The zero-order chi connectivity index (χ0) is 21.1. The Morgan fingerprint density at radius 2 is 2.10 bits per heavy atom. The molecule has 7 nitrogen and oxygen atoms in total. The number of rotatable bonds is 7. The first-order chi connectivity index (χ1) is 14.6. The van der Waals surface area contributed by atoms with Crippen molar-refractivity contribution in [2.45, 2.75) is 19.0 Å². The van der Waals surface area contributed by atoms with Crippen molar-refractivity contribution in [3.05, 3.63) is 76.5 Å². The van der Waals surface area contributed by atoms with Crippen LogP contribution in [0.25, 0.3) is 5.76 Å². The number of carbonyl (C=O) groups is 2. The fourth-order valence-corrected chi connectivity index (χ4v) is 4.47. The fourth-order valence-electron chi connectivity index (χ4n) is 3.62. The van der Waals surface area contributed by atoms with Gasteiger partial charge in [0.05, 0.1) is 25.1 Å². The van der Waals surface area contributed by atoms with Crippen LogP contribution in [0.2, 0.25) is 0 Å². The predicted octanol–water partition coefficient (Wildman–Crippen LogP) is 3.47. The number of thiophene rings is 1. The zero-order valence-electron chi connectivity index (χ0n) is 16.4. The Bertz CT molecular complexity index is 1070. The summed E-state index contributed by atoms with van der Waals surface area (Å²) in [5.41, 5.74) is 0.547. The van der Waals surface area contributed by atoms with E-state index in [9.17, 15) is 14.7 Å². The molecular formula is C22H21N3O4S. The van der Waals surface area contributed by atoms with E-state index in [1.807, 2.05) is 28.3 Å². The van der Waals surface area contributed by atoms with Gasteiger partial charge in [-0.15, -0.1) is 11.3 Å². The molecule has 1 saturated heterocycles. The lowest BCUT2D eigenvalue weighted by atomic mass is 9.99. The number of imidazole rings is 1. The fraction of sp³-hybridized carbons (Fsp3) is 0.227. The summed E-state index contributed by atoms with van der Waals surface area (Å²) in [4.78, 5) is 32.2.